The second-order valence-corrected chi connectivity index (χ2v) is 5.13. The summed E-state index contributed by atoms with van der Waals surface area (Å²) in [7, 11) is 0. The largest absolute Gasteiger partial charge is 0.481 e. The van der Waals surface area contributed by atoms with Gasteiger partial charge in [-0.25, -0.2) is 0 Å². The molecule has 0 aromatic rings. The third kappa shape index (κ3) is 3.66. The van der Waals surface area contributed by atoms with E-state index in [9.17, 15) is 4.79 Å². The van der Waals surface area contributed by atoms with E-state index in [4.69, 9.17) is 14.6 Å². The van der Waals surface area contributed by atoms with Gasteiger partial charge in [0.25, 0.3) is 0 Å². The first kappa shape index (κ1) is 12.8. The Morgan fingerprint density at radius 3 is 3.00 bits per heavy atom. The van der Waals surface area contributed by atoms with Crippen LogP contribution in [0.2, 0.25) is 0 Å². The fraction of sp³-hybridized carbons (Fsp3) is 0.917. The van der Waals surface area contributed by atoms with E-state index in [0.29, 0.717) is 12.6 Å². The minimum Gasteiger partial charge on any atom is -0.481 e. The minimum atomic E-state index is -0.835. The molecule has 2 N–H and O–H groups in total. The van der Waals surface area contributed by atoms with Crippen molar-refractivity contribution >= 4 is 5.97 Å². The summed E-state index contributed by atoms with van der Waals surface area (Å²) < 4.78 is 11.4. The number of piperidine rings is 1. The second kappa shape index (κ2) is 5.33. The summed E-state index contributed by atoms with van der Waals surface area (Å²) in [4.78, 5) is 10.6. The minimum absolute atomic E-state index is 0.0215. The highest BCUT2D eigenvalue weighted by molar-refractivity contribution is 5.67. The van der Waals surface area contributed by atoms with Crippen LogP contribution in [0.3, 0.4) is 0 Å². The van der Waals surface area contributed by atoms with Crippen molar-refractivity contribution in [2.75, 3.05) is 13.2 Å². The van der Waals surface area contributed by atoms with Crippen molar-refractivity contribution in [3.63, 3.8) is 0 Å². The number of aliphatic carboxylic acids is 1. The molecule has 3 atom stereocenters. The Bertz CT molecular complexity index is 278. The van der Waals surface area contributed by atoms with Gasteiger partial charge in [0.1, 0.15) is 0 Å². The maximum Gasteiger partial charge on any atom is 0.306 e. The molecule has 2 fully saturated rings. The molecule has 17 heavy (non-hydrogen) atoms. The summed E-state index contributed by atoms with van der Waals surface area (Å²) in [5.74, 6) is -1.45. The molecule has 3 unspecified atom stereocenters. The molecule has 2 aliphatic rings. The highest BCUT2D eigenvalue weighted by Crippen LogP contribution is 2.30. The third-order valence-electron chi connectivity index (χ3n) is 3.42. The molecular weight excluding hydrogens is 222 g/mol. The molecule has 5 nitrogen and oxygen atoms in total. The maximum atomic E-state index is 10.6. The lowest BCUT2D eigenvalue weighted by atomic mass is 9.98. The number of ether oxygens (including phenoxy) is 2. The highest BCUT2D eigenvalue weighted by atomic mass is 16.7. The molecule has 0 spiro atoms. The van der Waals surface area contributed by atoms with Crippen LogP contribution in [-0.2, 0) is 14.3 Å². The standard InChI is InChI=1S/C12H21NO4/c1-12(7-9-4-2-3-5-13-9)16-8-10(17-12)6-11(14)15/h9-10,13H,2-8H2,1H3,(H,14,15). The first-order valence-electron chi connectivity index (χ1n) is 6.34. The third-order valence-corrected chi connectivity index (χ3v) is 3.42. The van der Waals surface area contributed by atoms with Gasteiger partial charge in [0.2, 0.25) is 0 Å². The Balaban J connectivity index is 1.81. The molecule has 0 aromatic heterocycles. The van der Waals surface area contributed by atoms with Crippen molar-refractivity contribution in [2.24, 2.45) is 0 Å². The fourth-order valence-electron chi connectivity index (χ4n) is 2.64. The molecule has 0 saturated carbocycles. The molecule has 2 heterocycles. The lowest BCUT2D eigenvalue weighted by Gasteiger charge is -2.31. The van der Waals surface area contributed by atoms with E-state index in [2.05, 4.69) is 5.32 Å². The fourth-order valence-corrected chi connectivity index (χ4v) is 2.64. The van der Waals surface area contributed by atoms with E-state index in [1.54, 1.807) is 0 Å². The molecule has 5 heteroatoms. The van der Waals surface area contributed by atoms with Gasteiger partial charge in [-0.2, -0.15) is 0 Å². The summed E-state index contributed by atoms with van der Waals surface area (Å²) in [6.07, 6.45) is 4.13. The number of hydrogen-bond acceptors (Lipinski definition) is 4. The van der Waals surface area contributed by atoms with E-state index in [1.165, 1.54) is 12.8 Å². The van der Waals surface area contributed by atoms with Crippen LogP contribution in [-0.4, -0.2) is 42.2 Å². The van der Waals surface area contributed by atoms with Crippen molar-refractivity contribution < 1.29 is 19.4 Å². The number of carboxylic acids is 1. The smallest absolute Gasteiger partial charge is 0.306 e. The van der Waals surface area contributed by atoms with E-state index < -0.39 is 11.8 Å². The maximum absolute atomic E-state index is 10.6. The van der Waals surface area contributed by atoms with Crippen LogP contribution in [0.15, 0.2) is 0 Å². The zero-order valence-electron chi connectivity index (χ0n) is 10.3. The number of nitrogens with one attached hydrogen (secondary N) is 1. The second-order valence-electron chi connectivity index (χ2n) is 5.13. The number of hydrogen-bond donors (Lipinski definition) is 2. The van der Waals surface area contributed by atoms with Crippen molar-refractivity contribution in [2.45, 2.75) is 57.0 Å². The van der Waals surface area contributed by atoms with Gasteiger partial charge in [-0.1, -0.05) is 6.42 Å². The molecule has 0 aliphatic carbocycles. The van der Waals surface area contributed by atoms with Crippen LogP contribution in [0.25, 0.3) is 0 Å². The van der Waals surface area contributed by atoms with Gasteiger partial charge >= 0.3 is 5.97 Å². The zero-order valence-corrected chi connectivity index (χ0v) is 10.3. The predicted octanol–water partition coefficient (Wildman–Crippen LogP) is 1.12. The molecule has 0 bridgehead atoms. The normalized spacial score (nSPS) is 38.2. The number of rotatable bonds is 4. The quantitative estimate of drug-likeness (QED) is 0.774. The van der Waals surface area contributed by atoms with Crippen molar-refractivity contribution in [3.8, 4) is 0 Å². The predicted molar refractivity (Wildman–Crippen MR) is 61.7 cm³/mol. The SMILES string of the molecule is CC1(CC2CCCCN2)OCC(CC(=O)O)O1. The van der Waals surface area contributed by atoms with Crippen LogP contribution in [0, 0.1) is 0 Å². The summed E-state index contributed by atoms with van der Waals surface area (Å²) in [6.45, 7) is 3.35. The Morgan fingerprint density at radius 1 is 1.53 bits per heavy atom. The molecule has 98 valence electrons. The van der Waals surface area contributed by atoms with Gasteiger partial charge in [-0.05, 0) is 26.3 Å². The molecular formula is C12H21NO4. The van der Waals surface area contributed by atoms with E-state index in [-0.39, 0.29) is 12.5 Å². The first-order chi connectivity index (χ1) is 8.07. The lowest BCUT2D eigenvalue weighted by Crippen LogP contribution is -2.41. The first-order valence-corrected chi connectivity index (χ1v) is 6.34. The summed E-state index contributed by atoms with van der Waals surface area (Å²) in [5.41, 5.74) is 0. The van der Waals surface area contributed by atoms with Crippen LogP contribution < -0.4 is 5.32 Å². The lowest BCUT2D eigenvalue weighted by molar-refractivity contribution is -0.167. The Morgan fingerprint density at radius 2 is 2.35 bits per heavy atom. The molecule has 2 aliphatic heterocycles. The molecule has 2 saturated heterocycles. The Labute approximate surface area is 101 Å². The Kier molecular flexibility index (Phi) is 4.01. The number of carboxylic acid groups (broad SMARTS) is 1. The highest BCUT2D eigenvalue weighted by Gasteiger charge is 2.39. The van der Waals surface area contributed by atoms with Crippen molar-refractivity contribution in [3.05, 3.63) is 0 Å². The number of carbonyl (C=O) groups is 1. The van der Waals surface area contributed by atoms with Crippen molar-refractivity contribution in [1.29, 1.82) is 0 Å². The Hall–Kier alpha value is -0.650. The van der Waals surface area contributed by atoms with Crippen LogP contribution >= 0.6 is 0 Å². The van der Waals surface area contributed by atoms with Crippen LogP contribution in [0.4, 0.5) is 0 Å². The molecule has 0 radical (unpaired) electrons. The van der Waals surface area contributed by atoms with Gasteiger partial charge in [-0.3, -0.25) is 4.79 Å². The summed E-state index contributed by atoms with van der Waals surface area (Å²) in [5, 5.41) is 12.2. The van der Waals surface area contributed by atoms with Gasteiger partial charge in [-0.15, -0.1) is 0 Å². The van der Waals surface area contributed by atoms with Crippen LogP contribution in [0.5, 0.6) is 0 Å². The monoisotopic (exact) mass is 243 g/mol. The molecule has 2 rings (SSSR count). The average molecular weight is 243 g/mol. The van der Waals surface area contributed by atoms with Crippen LogP contribution in [0.1, 0.15) is 39.0 Å². The molecule has 0 aromatic carbocycles. The van der Waals surface area contributed by atoms with Gasteiger partial charge < -0.3 is 19.9 Å². The van der Waals surface area contributed by atoms with E-state index in [1.807, 2.05) is 6.92 Å². The summed E-state index contributed by atoms with van der Waals surface area (Å²) >= 11 is 0. The van der Waals surface area contributed by atoms with E-state index in [0.717, 1.165) is 19.4 Å². The van der Waals surface area contributed by atoms with E-state index >= 15 is 0 Å². The zero-order chi connectivity index (χ0) is 12.3. The average Bonchev–Trinajstić information content (AvgIpc) is 2.60. The van der Waals surface area contributed by atoms with Crippen molar-refractivity contribution in [1.82, 2.24) is 5.32 Å². The summed E-state index contributed by atoms with van der Waals surface area (Å²) in [6, 6.07) is 0.428. The van der Waals surface area contributed by atoms with Gasteiger partial charge in [0.15, 0.2) is 5.79 Å². The molecule has 0 amide bonds. The van der Waals surface area contributed by atoms with Gasteiger partial charge in [0, 0.05) is 12.5 Å². The topological polar surface area (TPSA) is 67.8 Å². The van der Waals surface area contributed by atoms with Gasteiger partial charge in [0.05, 0.1) is 19.1 Å².